The molecular weight excluding hydrogens is 507 g/mol. The maximum Gasteiger partial charge on any atom is 0.150 e. The summed E-state index contributed by atoms with van der Waals surface area (Å²) in [4.78, 5) is 0. The molecule has 1 aliphatic heterocycles. The van der Waals surface area contributed by atoms with Gasteiger partial charge >= 0.3 is 0 Å². The van der Waals surface area contributed by atoms with Gasteiger partial charge in [0.1, 0.15) is 16.1 Å². The lowest BCUT2D eigenvalue weighted by atomic mass is 10.2. The van der Waals surface area contributed by atoms with Crippen molar-refractivity contribution in [1.29, 1.82) is 0 Å². The number of benzene rings is 2. The number of ether oxygens (including phenoxy) is 4. The molecule has 2 heterocycles. The fourth-order valence-corrected chi connectivity index (χ4v) is 4.32. The van der Waals surface area contributed by atoms with Crippen molar-refractivity contribution in [1.82, 2.24) is 9.78 Å². The van der Waals surface area contributed by atoms with Crippen LogP contribution in [0.2, 0.25) is 0 Å². The van der Waals surface area contributed by atoms with Gasteiger partial charge in [-0.05, 0) is 72.0 Å². The van der Waals surface area contributed by atoms with E-state index >= 15 is 0 Å². The molecule has 1 aliphatic rings. The van der Waals surface area contributed by atoms with Crippen LogP contribution in [0.15, 0.2) is 48.5 Å². The molecule has 166 valence electrons. The topological polar surface area (TPSA) is 54.7 Å². The summed E-state index contributed by atoms with van der Waals surface area (Å²) in [5, 5.41) is 5.81. The van der Waals surface area contributed by atoms with Crippen LogP contribution >= 0.6 is 22.6 Å². The summed E-state index contributed by atoms with van der Waals surface area (Å²) < 4.78 is 26.1. The summed E-state index contributed by atoms with van der Waals surface area (Å²) >= 11 is 2.28. The lowest BCUT2D eigenvalue weighted by Gasteiger charge is -2.23. The SMILES string of the molecule is Ic1nn(C2CCCCO2)c2ccc(OCCOCCCOCc3ccccc3)cc12. The van der Waals surface area contributed by atoms with Crippen molar-refractivity contribution < 1.29 is 18.9 Å². The van der Waals surface area contributed by atoms with Gasteiger partial charge in [-0.1, -0.05) is 30.3 Å². The maximum atomic E-state index is 5.91. The molecule has 1 atom stereocenters. The summed E-state index contributed by atoms with van der Waals surface area (Å²) in [5.74, 6) is 0.837. The Hall–Kier alpha value is -1.68. The Morgan fingerprint density at radius 1 is 1.00 bits per heavy atom. The van der Waals surface area contributed by atoms with Gasteiger partial charge < -0.3 is 18.9 Å². The molecule has 0 bridgehead atoms. The Kier molecular flexibility index (Phi) is 8.57. The fourth-order valence-electron chi connectivity index (χ4n) is 3.66. The first-order chi connectivity index (χ1) is 15.3. The van der Waals surface area contributed by atoms with Crippen LogP contribution in [0.4, 0.5) is 0 Å². The number of nitrogens with zero attached hydrogens (tertiary/aromatic N) is 2. The van der Waals surface area contributed by atoms with Crippen molar-refractivity contribution in [2.75, 3.05) is 33.0 Å². The van der Waals surface area contributed by atoms with Crippen molar-refractivity contribution in [3.8, 4) is 5.75 Å². The van der Waals surface area contributed by atoms with E-state index in [9.17, 15) is 0 Å². The molecule has 31 heavy (non-hydrogen) atoms. The van der Waals surface area contributed by atoms with Crippen molar-refractivity contribution in [3.63, 3.8) is 0 Å². The molecule has 0 radical (unpaired) electrons. The summed E-state index contributed by atoms with van der Waals surface area (Å²) in [6.45, 7) is 3.90. The summed E-state index contributed by atoms with van der Waals surface area (Å²) in [6.07, 6.45) is 4.24. The van der Waals surface area contributed by atoms with Gasteiger partial charge in [-0.2, -0.15) is 5.10 Å². The Bertz CT molecular complexity index is 941. The predicted molar refractivity (Wildman–Crippen MR) is 128 cm³/mol. The number of fused-ring (bicyclic) bond motifs is 1. The summed E-state index contributed by atoms with van der Waals surface area (Å²) in [7, 11) is 0. The van der Waals surface area contributed by atoms with Crippen LogP contribution in [0.1, 0.15) is 37.5 Å². The Morgan fingerprint density at radius 3 is 2.71 bits per heavy atom. The highest BCUT2D eigenvalue weighted by molar-refractivity contribution is 14.1. The monoisotopic (exact) mass is 536 g/mol. The molecule has 1 unspecified atom stereocenters. The molecule has 7 heteroatoms. The molecule has 3 aromatic rings. The van der Waals surface area contributed by atoms with Crippen LogP contribution in [-0.4, -0.2) is 42.8 Å². The van der Waals surface area contributed by atoms with E-state index in [1.807, 2.05) is 28.9 Å². The van der Waals surface area contributed by atoms with Gasteiger partial charge in [0, 0.05) is 25.2 Å². The minimum absolute atomic E-state index is 0.0385. The van der Waals surface area contributed by atoms with E-state index in [2.05, 4.69) is 46.9 Å². The highest BCUT2D eigenvalue weighted by Crippen LogP contribution is 2.30. The zero-order chi connectivity index (χ0) is 21.3. The summed E-state index contributed by atoms with van der Waals surface area (Å²) in [5.41, 5.74) is 2.29. The van der Waals surface area contributed by atoms with E-state index in [0.29, 0.717) is 33.0 Å². The van der Waals surface area contributed by atoms with Crippen molar-refractivity contribution in [3.05, 3.63) is 57.8 Å². The molecule has 0 aliphatic carbocycles. The smallest absolute Gasteiger partial charge is 0.150 e. The molecule has 0 saturated carbocycles. The minimum atomic E-state index is 0.0385. The lowest BCUT2D eigenvalue weighted by Crippen LogP contribution is -2.19. The molecular formula is C24H29IN2O4. The number of halogens is 1. The molecule has 4 rings (SSSR count). The van der Waals surface area contributed by atoms with Crippen LogP contribution in [0.25, 0.3) is 10.9 Å². The van der Waals surface area contributed by atoms with E-state index in [1.165, 1.54) is 12.0 Å². The minimum Gasteiger partial charge on any atom is -0.491 e. The molecule has 1 aromatic heterocycles. The van der Waals surface area contributed by atoms with E-state index in [-0.39, 0.29) is 6.23 Å². The largest absolute Gasteiger partial charge is 0.491 e. The molecule has 6 nitrogen and oxygen atoms in total. The highest BCUT2D eigenvalue weighted by atomic mass is 127. The quantitative estimate of drug-likeness (QED) is 0.245. The van der Waals surface area contributed by atoms with Crippen molar-refractivity contribution in [2.45, 2.75) is 38.5 Å². The Labute approximate surface area is 197 Å². The zero-order valence-corrected chi connectivity index (χ0v) is 19.8. The van der Waals surface area contributed by atoms with Gasteiger partial charge in [-0.15, -0.1) is 0 Å². The van der Waals surface area contributed by atoms with E-state index in [0.717, 1.165) is 46.2 Å². The first kappa shape index (κ1) is 22.5. The molecule has 1 fully saturated rings. The second kappa shape index (κ2) is 11.8. The first-order valence-corrected chi connectivity index (χ1v) is 12.0. The van der Waals surface area contributed by atoms with Crippen LogP contribution in [0, 0.1) is 3.70 Å². The van der Waals surface area contributed by atoms with Gasteiger partial charge in [0.15, 0.2) is 6.23 Å². The van der Waals surface area contributed by atoms with E-state index in [4.69, 9.17) is 24.0 Å². The molecule has 1 saturated heterocycles. The van der Waals surface area contributed by atoms with Crippen LogP contribution in [-0.2, 0) is 20.8 Å². The van der Waals surface area contributed by atoms with Crippen LogP contribution in [0.3, 0.4) is 0 Å². The first-order valence-electron chi connectivity index (χ1n) is 10.9. The van der Waals surface area contributed by atoms with Crippen LogP contribution < -0.4 is 4.74 Å². The molecule has 0 N–H and O–H groups in total. The predicted octanol–water partition coefficient (Wildman–Crippen LogP) is 5.34. The van der Waals surface area contributed by atoms with Gasteiger partial charge in [-0.3, -0.25) is 0 Å². The third-order valence-electron chi connectivity index (χ3n) is 5.25. The lowest BCUT2D eigenvalue weighted by molar-refractivity contribution is -0.0368. The third kappa shape index (κ3) is 6.41. The second-order valence-electron chi connectivity index (χ2n) is 7.59. The summed E-state index contributed by atoms with van der Waals surface area (Å²) in [6, 6.07) is 16.3. The Balaban J connectivity index is 1.15. The number of aromatic nitrogens is 2. The number of rotatable bonds is 11. The number of hydrogen-bond acceptors (Lipinski definition) is 5. The standard InChI is InChI=1S/C24H29IN2O4/c25-24-21-17-20(10-11-22(21)27(26-24)23-9-4-5-14-31-23)30-16-15-28-12-6-13-29-18-19-7-2-1-3-8-19/h1-3,7-8,10-11,17,23H,4-6,9,12-16,18H2. The van der Waals surface area contributed by atoms with Gasteiger partial charge in [0.25, 0.3) is 0 Å². The molecule has 2 aromatic carbocycles. The normalized spacial score (nSPS) is 16.6. The average Bonchev–Trinajstić information content (AvgIpc) is 3.15. The van der Waals surface area contributed by atoms with Gasteiger partial charge in [0.2, 0.25) is 0 Å². The third-order valence-corrected chi connectivity index (χ3v) is 6.04. The van der Waals surface area contributed by atoms with Crippen molar-refractivity contribution >= 4 is 33.5 Å². The van der Waals surface area contributed by atoms with Crippen molar-refractivity contribution in [2.24, 2.45) is 0 Å². The number of hydrogen-bond donors (Lipinski definition) is 0. The van der Waals surface area contributed by atoms with E-state index < -0.39 is 0 Å². The molecule has 0 amide bonds. The van der Waals surface area contributed by atoms with Crippen LogP contribution in [0.5, 0.6) is 5.75 Å². The van der Waals surface area contributed by atoms with Gasteiger partial charge in [-0.25, -0.2) is 4.68 Å². The highest BCUT2D eigenvalue weighted by Gasteiger charge is 2.20. The zero-order valence-electron chi connectivity index (χ0n) is 17.7. The Morgan fingerprint density at radius 2 is 1.87 bits per heavy atom. The van der Waals surface area contributed by atoms with Gasteiger partial charge in [0.05, 0.1) is 18.7 Å². The average molecular weight is 536 g/mol. The maximum absolute atomic E-state index is 5.91. The second-order valence-corrected chi connectivity index (χ2v) is 8.61. The van der Waals surface area contributed by atoms with E-state index in [1.54, 1.807) is 0 Å². The molecule has 0 spiro atoms. The fraction of sp³-hybridized carbons (Fsp3) is 0.458.